The molecule has 0 saturated carbocycles. The molecule has 12 heteroatoms. The molecule has 3 aromatic heterocycles. The van der Waals surface area contributed by atoms with E-state index in [4.69, 9.17) is 13.9 Å². The van der Waals surface area contributed by atoms with Gasteiger partial charge in [-0.25, -0.2) is 4.98 Å². The minimum atomic E-state index is -4.77. The first-order valence-corrected chi connectivity index (χ1v) is 8.72. The Balaban J connectivity index is 1.74. The van der Waals surface area contributed by atoms with Gasteiger partial charge in [-0.15, -0.1) is 5.10 Å². The third-order valence-electron chi connectivity index (χ3n) is 4.24. The van der Waals surface area contributed by atoms with Crippen LogP contribution >= 0.6 is 0 Å². The fourth-order valence-electron chi connectivity index (χ4n) is 2.80. The minimum Gasteiger partial charge on any atom is -0.497 e. The van der Waals surface area contributed by atoms with Crippen LogP contribution in [0.15, 0.2) is 47.1 Å². The first-order valence-electron chi connectivity index (χ1n) is 8.72. The SMILES string of the molecule is COc1ccc(NC(=O)c2nc3nc(-c4ccco4)cc(C(F)(F)F)n3n2)c(OC)c1. The Morgan fingerprint density at radius 2 is 1.94 bits per heavy atom. The summed E-state index contributed by atoms with van der Waals surface area (Å²) in [6, 6.07) is 8.37. The van der Waals surface area contributed by atoms with Crippen molar-refractivity contribution in [3.63, 3.8) is 0 Å². The van der Waals surface area contributed by atoms with Crippen molar-refractivity contribution in [1.29, 1.82) is 0 Å². The second kappa shape index (κ2) is 7.63. The number of carbonyl (C=O) groups excluding carboxylic acids is 1. The van der Waals surface area contributed by atoms with E-state index in [0.717, 1.165) is 6.07 Å². The van der Waals surface area contributed by atoms with Gasteiger partial charge in [0, 0.05) is 6.07 Å². The molecule has 0 unspecified atom stereocenters. The Bertz CT molecular complexity index is 1250. The number of halogens is 3. The maximum atomic E-state index is 13.6. The molecular weight excluding hydrogens is 419 g/mol. The van der Waals surface area contributed by atoms with E-state index in [0.29, 0.717) is 10.3 Å². The van der Waals surface area contributed by atoms with Crippen LogP contribution in [0.25, 0.3) is 17.2 Å². The van der Waals surface area contributed by atoms with Crippen molar-refractivity contribution in [3.05, 3.63) is 54.2 Å². The van der Waals surface area contributed by atoms with Gasteiger partial charge >= 0.3 is 6.18 Å². The van der Waals surface area contributed by atoms with E-state index in [9.17, 15) is 18.0 Å². The molecule has 3 heterocycles. The Kier molecular flexibility index (Phi) is 4.97. The molecule has 160 valence electrons. The first kappa shape index (κ1) is 20.2. The van der Waals surface area contributed by atoms with E-state index < -0.39 is 29.4 Å². The molecule has 0 fully saturated rings. The number of furan rings is 1. The topological polar surface area (TPSA) is 104 Å². The van der Waals surface area contributed by atoms with Crippen molar-refractivity contribution >= 4 is 17.4 Å². The second-order valence-electron chi connectivity index (χ2n) is 6.17. The number of hydrogen-bond donors (Lipinski definition) is 1. The number of aromatic nitrogens is 4. The highest BCUT2D eigenvalue weighted by Gasteiger charge is 2.36. The number of benzene rings is 1. The van der Waals surface area contributed by atoms with Crippen molar-refractivity contribution in [2.24, 2.45) is 0 Å². The first-order chi connectivity index (χ1) is 14.8. The van der Waals surface area contributed by atoms with Crippen molar-refractivity contribution < 1.29 is 31.9 Å². The third kappa shape index (κ3) is 3.86. The summed E-state index contributed by atoms with van der Waals surface area (Å²) in [5, 5.41) is 6.21. The fraction of sp³-hybridized carbons (Fsp3) is 0.158. The van der Waals surface area contributed by atoms with Crippen molar-refractivity contribution in [2.45, 2.75) is 6.18 Å². The van der Waals surface area contributed by atoms with Gasteiger partial charge in [-0.3, -0.25) is 4.79 Å². The molecule has 0 aliphatic heterocycles. The number of anilines is 1. The van der Waals surface area contributed by atoms with Crippen molar-refractivity contribution in [3.8, 4) is 23.0 Å². The monoisotopic (exact) mass is 433 g/mol. The summed E-state index contributed by atoms with van der Waals surface area (Å²) in [5.74, 6) is -0.872. The van der Waals surface area contributed by atoms with Crippen LogP contribution in [-0.2, 0) is 6.18 Å². The lowest BCUT2D eigenvalue weighted by atomic mass is 10.2. The zero-order valence-corrected chi connectivity index (χ0v) is 16.1. The Hall–Kier alpha value is -4.09. The normalized spacial score (nSPS) is 11.5. The number of nitrogens with zero attached hydrogens (tertiary/aromatic N) is 4. The number of amides is 1. The predicted octanol–water partition coefficient (Wildman–Crippen LogP) is 3.67. The molecule has 0 aliphatic carbocycles. The molecule has 0 radical (unpaired) electrons. The number of nitrogens with one attached hydrogen (secondary N) is 1. The van der Waals surface area contributed by atoms with E-state index in [1.54, 1.807) is 6.07 Å². The summed E-state index contributed by atoms with van der Waals surface area (Å²) < 4.78 is 56.6. The van der Waals surface area contributed by atoms with Gasteiger partial charge in [0.15, 0.2) is 11.5 Å². The van der Waals surface area contributed by atoms with E-state index >= 15 is 0 Å². The van der Waals surface area contributed by atoms with Gasteiger partial charge in [0.2, 0.25) is 5.82 Å². The van der Waals surface area contributed by atoms with Crippen LogP contribution in [0.1, 0.15) is 16.3 Å². The molecule has 0 bridgehead atoms. The Labute approximate surface area is 172 Å². The van der Waals surface area contributed by atoms with Gasteiger partial charge in [-0.05, 0) is 30.3 Å². The van der Waals surface area contributed by atoms with Gasteiger partial charge in [0.05, 0.1) is 26.2 Å². The van der Waals surface area contributed by atoms with Gasteiger partial charge < -0.3 is 19.2 Å². The highest BCUT2D eigenvalue weighted by Crippen LogP contribution is 2.32. The molecule has 1 N–H and O–H groups in total. The average Bonchev–Trinajstić information content (AvgIpc) is 3.42. The maximum Gasteiger partial charge on any atom is 0.433 e. The van der Waals surface area contributed by atoms with Crippen LogP contribution in [-0.4, -0.2) is 39.7 Å². The summed E-state index contributed by atoms with van der Waals surface area (Å²) in [6.07, 6.45) is -3.47. The van der Waals surface area contributed by atoms with Crippen LogP contribution in [0.5, 0.6) is 11.5 Å². The van der Waals surface area contributed by atoms with Crippen molar-refractivity contribution in [2.75, 3.05) is 19.5 Å². The zero-order chi connectivity index (χ0) is 22.2. The number of carbonyl (C=O) groups is 1. The number of ether oxygens (including phenoxy) is 2. The van der Waals surface area contributed by atoms with E-state index in [2.05, 4.69) is 20.4 Å². The molecule has 9 nitrogen and oxygen atoms in total. The fourth-order valence-corrected chi connectivity index (χ4v) is 2.80. The maximum absolute atomic E-state index is 13.6. The van der Waals surface area contributed by atoms with E-state index in [1.807, 2.05) is 0 Å². The number of rotatable bonds is 5. The smallest absolute Gasteiger partial charge is 0.433 e. The van der Waals surface area contributed by atoms with Crippen molar-refractivity contribution in [1.82, 2.24) is 19.6 Å². The number of hydrogen-bond acceptors (Lipinski definition) is 7. The summed E-state index contributed by atoms with van der Waals surface area (Å²) >= 11 is 0. The largest absolute Gasteiger partial charge is 0.497 e. The average molecular weight is 433 g/mol. The molecule has 31 heavy (non-hydrogen) atoms. The van der Waals surface area contributed by atoms with Crippen LogP contribution in [0, 0.1) is 0 Å². The second-order valence-corrected chi connectivity index (χ2v) is 6.17. The molecule has 1 amide bonds. The van der Waals surface area contributed by atoms with E-state index in [1.165, 1.54) is 44.7 Å². The summed E-state index contributed by atoms with van der Waals surface area (Å²) in [6.45, 7) is 0. The summed E-state index contributed by atoms with van der Waals surface area (Å²) in [5.41, 5.74) is -0.995. The van der Waals surface area contributed by atoms with Gasteiger partial charge in [-0.1, -0.05) is 0 Å². The number of fused-ring (bicyclic) bond motifs is 1. The highest BCUT2D eigenvalue weighted by molar-refractivity contribution is 6.02. The van der Waals surface area contributed by atoms with E-state index in [-0.39, 0.29) is 22.9 Å². The highest BCUT2D eigenvalue weighted by atomic mass is 19.4. The molecule has 0 atom stereocenters. The molecule has 0 spiro atoms. The molecular formula is C19H14F3N5O4. The predicted molar refractivity (Wildman–Crippen MR) is 101 cm³/mol. The van der Waals surface area contributed by atoms with Gasteiger partial charge in [0.25, 0.3) is 11.7 Å². The summed E-state index contributed by atoms with van der Waals surface area (Å²) in [4.78, 5) is 20.5. The van der Waals surface area contributed by atoms with Crippen LogP contribution in [0.4, 0.5) is 18.9 Å². The standard InChI is InChI=1S/C19H14F3N5O4/c1-29-10-5-6-11(14(8-10)30-2)23-17(28)16-25-18-24-12(13-4-3-7-31-13)9-15(19(20,21)22)27(18)26-16/h3-9H,1-2H3,(H,23,28). The summed E-state index contributed by atoms with van der Waals surface area (Å²) in [7, 11) is 2.86. The quantitative estimate of drug-likeness (QED) is 0.512. The van der Waals surface area contributed by atoms with Crippen LogP contribution in [0.2, 0.25) is 0 Å². The third-order valence-corrected chi connectivity index (χ3v) is 4.24. The van der Waals surface area contributed by atoms with Gasteiger partial charge in [-0.2, -0.15) is 22.7 Å². The molecule has 4 aromatic rings. The lowest BCUT2D eigenvalue weighted by molar-refractivity contribution is -0.142. The van der Waals surface area contributed by atoms with Crippen LogP contribution < -0.4 is 14.8 Å². The molecule has 0 aliphatic rings. The Morgan fingerprint density at radius 3 is 2.58 bits per heavy atom. The van der Waals surface area contributed by atoms with Crippen LogP contribution in [0.3, 0.4) is 0 Å². The Morgan fingerprint density at radius 1 is 1.13 bits per heavy atom. The molecule has 0 saturated heterocycles. The lowest BCUT2D eigenvalue weighted by Crippen LogP contribution is -2.16. The van der Waals surface area contributed by atoms with Gasteiger partial charge in [0.1, 0.15) is 17.2 Å². The zero-order valence-electron chi connectivity index (χ0n) is 16.1. The molecule has 4 rings (SSSR count). The molecule has 1 aromatic carbocycles. The lowest BCUT2D eigenvalue weighted by Gasteiger charge is -2.10. The number of alkyl halides is 3. The minimum absolute atomic E-state index is 0.0963. The number of methoxy groups -OCH3 is 2.